The van der Waals surface area contributed by atoms with E-state index in [0.717, 1.165) is 10.9 Å². The molecule has 7 heteroatoms. The van der Waals surface area contributed by atoms with Crippen molar-refractivity contribution < 1.29 is 9.21 Å². The number of fused-ring (bicyclic) bond motifs is 2. The molecule has 2 heterocycles. The summed E-state index contributed by atoms with van der Waals surface area (Å²) in [5.74, 6) is -0.862. The number of anilines is 1. The van der Waals surface area contributed by atoms with Crippen molar-refractivity contribution in [2.24, 2.45) is 7.05 Å². The number of aromatic amines is 1. The highest BCUT2D eigenvalue weighted by molar-refractivity contribution is 6.02. The molecule has 2 aromatic heterocycles. The average molecular weight is 361 g/mol. The molecule has 0 atom stereocenters. The monoisotopic (exact) mass is 361 g/mol. The van der Waals surface area contributed by atoms with Gasteiger partial charge >= 0.3 is 5.76 Å². The molecule has 0 saturated carbocycles. The number of para-hydroxylation sites is 1. The lowest BCUT2D eigenvalue weighted by Gasteiger charge is -2.02. The minimum absolute atomic E-state index is 0.271. The van der Waals surface area contributed by atoms with Crippen molar-refractivity contribution in [3.8, 4) is 0 Å². The van der Waals surface area contributed by atoms with Gasteiger partial charge in [0.2, 0.25) is 5.91 Å². The van der Waals surface area contributed by atoms with Crippen LogP contribution >= 0.6 is 0 Å². The zero-order chi connectivity index (χ0) is 19.0. The zero-order valence-corrected chi connectivity index (χ0v) is 14.4. The van der Waals surface area contributed by atoms with E-state index in [2.05, 4.69) is 10.3 Å². The number of nitrogens with one attached hydrogen (secondary N) is 2. The molecule has 4 aromatic rings. The maximum absolute atomic E-state index is 12.2. The van der Waals surface area contributed by atoms with Gasteiger partial charge in [0.15, 0.2) is 5.58 Å². The summed E-state index contributed by atoms with van der Waals surface area (Å²) in [7, 11) is 1.59. The van der Waals surface area contributed by atoms with Crippen LogP contribution in [-0.2, 0) is 11.8 Å². The van der Waals surface area contributed by atoms with Crippen LogP contribution in [0.4, 0.5) is 5.69 Å². The van der Waals surface area contributed by atoms with Gasteiger partial charge in [-0.05, 0) is 41.8 Å². The van der Waals surface area contributed by atoms with Crippen molar-refractivity contribution in [3.05, 3.63) is 81.1 Å². The van der Waals surface area contributed by atoms with Crippen molar-refractivity contribution in [2.45, 2.75) is 0 Å². The van der Waals surface area contributed by atoms with Crippen LogP contribution in [0, 0.1) is 0 Å². The standard InChI is InChI=1S/C20H15N3O4/c1-23-16-11-14(7-8-17(16)27-20(23)26)21-18(24)9-6-13-10-12-4-2-3-5-15(12)22-19(13)25/h2-11H,1H3,(H,21,24)(H,22,25)/b9-6+. The van der Waals surface area contributed by atoms with E-state index >= 15 is 0 Å². The first-order valence-corrected chi connectivity index (χ1v) is 8.22. The third kappa shape index (κ3) is 3.18. The van der Waals surface area contributed by atoms with Gasteiger partial charge in [0.1, 0.15) is 0 Å². The van der Waals surface area contributed by atoms with E-state index in [1.807, 2.05) is 24.3 Å². The molecule has 2 aromatic carbocycles. The van der Waals surface area contributed by atoms with Crippen molar-refractivity contribution in [2.75, 3.05) is 5.32 Å². The number of aryl methyl sites for hydroxylation is 1. The summed E-state index contributed by atoms with van der Waals surface area (Å²) >= 11 is 0. The third-order valence-corrected chi connectivity index (χ3v) is 4.26. The SMILES string of the molecule is Cn1c(=O)oc2ccc(NC(=O)/C=C/c3cc4ccccc4[nH]c3=O)cc21. The number of carbonyl (C=O) groups excluding carboxylic acids is 1. The second-order valence-corrected chi connectivity index (χ2v) is 6.07. The smallest absolute Gasteiger partial charge is 0.408 e. The Morgan fingerprint density at radius 2 is 1.96 bits per heavy atom. The van der Waals surface area contributed by atoms with E-state index in [1.165, 1.54) is 16.7 Å². The average Bonchev–Trinajstić information content (AvgIpc) is 2.94. The van der Waals surface area contributed by atoms with Crippen LogP contribution in [0.2, 0.25) is 0 Å². The Hall–Kier alpha value is -3.87. The third-order valence-electron chi connectivity index (χ3n) is 4.26. The molecule has 4 rings (SSSR count). The first kappa shape index (κ1) is 16.6. The van der Waals surface area contributed by atoms with Crippen LogP contribution in [0.1, 0.15) is 5.56 Å². The summed E-state index contributed by atoms with van der Waals surface area (Å²) in [5, 5.41) is 3.58. The summed E-state index contributed by atoms with van der Waals surface area (Å²) in [4.78, 5) is 38.6. The quantitative estimate of drug-likeness (QED) is 0.548. The van der Waals surface area contributed by atoms with Crippen LogP contribution in [0.25, 0.3) is 28.1 Å². The molecule has 0 aliphatic carbocycles. The van der Waals surface area contributed by atoms with Gasteiger partial charge in [-0.3, -0.25) is 14.2 Å². The fraction of sp³-hybridized carbons (Fsp3) is 0.0500. The predicted octanol–water partition coefficient (Wildman–Crippen LogP) is 2.62. The van der Waals surface area contributed by atoms with Gasteiger partial charge < -0.3 is 14.7 Å². The summed E-state index contributed by atoms with van der Waals surface area (Å²) < 4.78 is 6.41. The van der Waals surface area contributed by atoms with Gasteiger partial charge in [-0.2, -0.15) is 0 Å². The lowest BCUT2D eigenvalue weighted by atomic mass is 10.1. The molecule has 0 radical (unpaired) electrons. The number of hydrogen-bond acceptors (Lipinski definition) is 4. The molecule has 7 nitrogen and oxygen atoms in total. The molecular formula is C20H15N3O4. The number of hydrogen-bond donors (Lipinski definition) is 2. The van der Waals surface area contributed by atoms with Gasteiger partial charge in [-0.1, -0.05) is 18.2 Å². The number of rotatable bonds is 3. The summed E-state index contributed by atoms with van der Waals surface area (Å²) in [5.41, 5.74) is 2.39. The van der Waals surface area contributed by atoms with Crippen molar-refractivity contribution >= 4 is 39.7 Å². The van der Waals surface area contributed by atoms with E-state index in [0.29, 0.717) is 22.4 Å². The first-order chi connectivity index (χ1) is 13.0. The van der Waals surface area contributed by atoms with Crippen molar-refractivity contribution in [3.63, 3.8) is 0 Å². The molecule has 0 saturated heterocycles. The minimum atomic E-state index is -0.469. The van der Waals surface area contributed by atoms with Crippen molar-refractivity contribution in [1.82, 2.24) is 9.55 Å². The number of H-pyrrole nitrogens is 1. The fourth-order valence-electron chi connectivity index (χ4n) is 2.84. The number of aromatic nitrogens is 2. The first-order valence-electron chi connectivity index (χ1n) is 8.22. The molecule has 1 amide bonds. The van der Waals surface area contributed by atoms with Crippen molar-refractivity contribution in [1.29, 1.82) is 0 Å². The van der Waals surface area contributed by atoms with Gasteiger partial charge in [-0.25, -0.2) is 4.79 Å². The Bertz CT molecular complexity index is 1320. The Morgan fingerprint density at radius 3 is 2.81 bits per heavy atom. The maximum Gasteiger partial charge on any atom is 0.419 e. The number of pyridine rings is 1. The van der Waals surface area contributed by atoms with E-state index in [-0.39, 0.29) is 5.56 Å². The molecule has 0 aliphatic rings. The maximum atomic E-state index is 12.2. The number of carbonyl (C=O) groups is 1. The Kier molecular flexibility index (Phi) is 3.97. The number of nitrogens with zero attached hydrogens (tertiary/aromatic N) is 1. The zero-order valence-electron chi connectivity index (χ0n) is 14.4. The second kappa shape index (κ2) is 6.45. The second-order valence-electron chi connectivity index (χ2n) is 6.07. The molecule has 27 heavy (non-hydrogen) atoms. The summed E-state index contributed by atoms with van der Waals surface area (Å²) in [6.45, 7) is 0. The number of amides is 1. The molecule has 0 spiro atoms. The molecule has 0 aliphatic heterocycles. The fourth-order valence-corrected chi connectivity index (χ4v) is 2.84. The van der Waals surface area contributed by atoms with Crippen LogP contribution in [0.3, 0.4) is 0 Å². The van der Waals surface area contributed by atoms with Crippen LogP contribution in [0.5, 0.6) is 0 Å². The highest BCUT2D eigenvalue weighted by Crippen LogP contribution is 2.18. The Morgan fingerprint density at radius 1 is 1.15 bits per heavy atom. The van der Waals surface area contributed by atoms with E-state index < -0.39 is 11.7 Å². The number of benzene rings is 2. The highest BCUT2D eigenvalue weighted by atomic mass is 16.4. The van der Waals surface area contributed by atoms with Crippen LogP contribution in [0.15, 0.2) is 68.6 Å². The topological polar surface area (TPSA) is 97.1 Å². The predicted molar refractivity (Wildman–Crippen MR) is 104 cm³/mol. The lowest BCUT2D eigenvalue weighted by Crippen LogP contribution is -2.11. The van der Waals surface area contributed by atoms with Gasteiger partial charge in [0.05, 0.1) is 5.52 Å². The molecular weight excluding hydrogens is 346 g/mol. The Balaban J connectivity index is 1.57. The molecule has 0 fully saturated rings. The molecule has 0 unspecified atom stereocenters. The van der Waals surface area contributed by atoms with Gasteiger partial charge in [0.25, 0.3) is 5.56 Å². The summed E-state index contributed by atoms with van der Waals surface area (Å²) in [6, 6.07) is 14.0. The normalized spacial score (nSPS) is 11.4. The van der Waals surface area contributed by atoms with Crippen LogP contribution in [-0.4, -0.2) is 15.5 Å². The van der Waals surface area contributed by atoms with E-state index in [4.69, 9.17) is 4.42 Å². The lowest BCUT2D eigenvalue weighted by molar-refractivity contribution is -0.111. The van der Waals surface area contributed by atoms with Crippen LogP contribution < -0.4 is 16.6 Å². The highest BCUT2D eigenvalue weighted by Gasteiger charge is 2.07. The van der Waals surface area contributed by atoms with Gasteiger partial charge in [-0.15, -0.1) is 0 Å². The Labute approximate surface area is 152 Å². The minimum Gasteiger partial charge on any atom is -0.408 e. The molecule has 0 bridgehead atoms. The largest absolute Gasteiger partial charge is 0.419 e. The van der Waals surface area contributed by atoms with E-state index in [9.17, 15) is 14.4 Å². The van der Waals surface area contributed by atoms with E-state index in [1.54, 1.807) is 31.3 Å². The van der Waals surface area contributed by atoms with Gasteiger partial charge in [0, 0.05) is 29.9 Å². The molecule has 2 N–H and O–H groups in total. The summed E-state index contributed by atoms with van der Waals surface area (Å²) in [6.07, 6.45) is 2.75. The molecule has 134 valence electrons. The number of oxazole rings is 1.